The number of nitrogens with zero attached hydrogens (tertiary/aromatic N) is 3. The van der Waals surface area contributed by atoms with E-state index in [4.69, 9.17) is 4.74 Å². The first-order chi connectivity index (χ1) is 10.6. The molecule has 0 radical (unpaired) electrons. The van der Waals surface area contributed by atoms with E-state index in [0.717, 1.165) is 45.1 Å². The van der Waals surface area contributed by atoms with Gasteiger partial charge in [-0.3, -0.25) is 4.99 Å². The number of aliphatic imine (C=N–C) groups is 1. The van der Waals surface area contributed by atoms with Gasteiger partial charge < -0.3 is 24.8 Å². The van der Waals surface area contributed by atoms with Crippen LogP contribution in [0.4, 0.5) is 0 Å². The number of guanidine groups is 1. The van der Waals surface area contributed by atoms with Crippen molar-refractivity contribution in [1.82, 2.24) is 20.1 Å². The Morgan fingerprint density at radius 1 is 1.36 bits per heavy atom. The van der Waals surface area contributed by atoms with Crippen LogP contribution in [-0.2, 0) is 18.3 Å². The second-order valence-electron chi connectivity index (χ2n) is 6.20. The molecule has 2 N–H and O–H groups in total. The van der Waals surface area contributed by atoms with Crippen LogP contribution < -0.4 is 10.6 Å². The number of ether oxygens (including phenoxy) is 1. The number of hydrogen-bond acceptors (Lipinski definition) is 3. The van der Waals surface area contributed by atoms with E-state index in [0.29, 0.717) is 0 Å². The summed E-state index contributed by atoms with van der Waals surface area (Å²) in [5.41, 5.74) is 1.39. The van der Waals surface area contributed by atoms with Crippen LogP contribution in [0.5, 0.6) is 0 Å². The molecule has 0 aromatic carbocycles. The maximum Gasteiger partial charge on any atom is 0.191 e. The molecule has 0 bridgehead atoms. The molecule has 1 aliphatic rings. The molecule has 1 aliphatic heterocycles. The monoisotopic (exact) mass is 307 g/mol. The van der Waals surface area contributed by atoms with Gasteiger partial charge in [0.05, 0.1) is 0 Å². The van der Waals surface area contributed by atoms with Gasteiger partial charge in [0.2, 0.25) is 0 Å². The highest BCUT2D eigenvalue weighted by atomic mass is 16.5. The lowest BCUT2D eigenvalue weighted by atomic mass is 9.88. The van der Waals surface area contributed by atoms with Crippen molar-refractivity contribution >= 4 is 5.96 Å². The Morgan fingerprint density at radius 2 is 2.09 bits per heavy atom. The average molecular weight is 307 g/mol. The van der Waals surface area contributed by atoms with Crippen LogP contribution in [0.25, 0.3) is 0 Å². The maximum atomic E-state index is 5.51. The third kappa shape index (κ3) is 4.24. The lowest BCUT2D eigenvalue weighted by Gasteiger charge is -2.43. The number of aryl methyl sites for hydroxylation is 1. The second-order valence-corrected chi connectivity index (χ2v) is 6.20. The fraction of sp³-hybridized carbons (Fsp3) is 0.688. The van der Waals surface area contributed by atoms with E-state index in [1.165, 1.54) is 5.56 Å². The summed E-state index contributed by atoms with van der Waals surface area (Å²) < 4.78 is 7.56. The number of likely N-dealkylation sites (N-methyl/N-ethyl adjacent to an activating group) is 1. The lowest BCUT2D eigenvalue weighted by molar-refractivity contribution is -0.00501. The van der Waals surface area contributed by atoms with Crippen LogP contribution in [0.1, 0.15) is 18.4 Å². The van der Waals surface area contributed by atoms with Gasteiger partial charge in [0.1, 0.15) is 0 Å². The molecule has 0 amide bonds. The zero-order chi connectivity index (χ0) is 16.0. The molecule has 6 nitrogen and oxygen atoms in total. The van der Waals surface area contributed by atoms with Gasteiger partial charge in [-0.25, -0.2) is 0 Å². The zero-order valence-electron chi connectivity index (χ0n) is 14.2. The van der Waals surface area contributed by atoms with Gasteiger partial charge in [-0.15, -0.1) is 0 Å². The van der Waals surface area contributed by atoms with Crippen molar-refractivity contribution in [1.29, 1.82) is 0 Å². The van der Waals surface area contributed by atoms with Crippen molar-refractivity contribution in [2.24, 2.45) is 12.0 Å². The number of aromatic nitrogens is 1. The molecule has 0 atom stereocenters. The molecule has 1 fully saturated rings. The largest absolute Gasteiger partial charge is 0.381 e. The van der Waals surface area contributed by atoms with E-state index >= 15 is 0 Å². The molecule has 22 heavy (non-hydrogen) atoms. The summed E-state index contributed by atoms with van der Waals surface area (Å²) in [4.78, 5) is 6.64. The minimum atomic E-state index is 0.141. The summed E-state index contributed by atoms with van der Waals surface area (Å²) in [5, 5.41) is 6.84. The molecular formula is C16H29N5O. The van der Waals surface area contributed by atoms with Crippen molar-refractivity contribution in [2.45, 2.75) is 24.9 Å². The molecule has 1 aromatic heterocycles. The van der Waals surface area contributed by atoms with Gasteiger partial charge in [-0.2, -0.15) is 0 Å². The van der Waals surface area contributed by atoms with E-state index in [-0.39, 0.29) is 5.54 Å². The fourth-order valence-corrected chi connectivity index (χ4v) is 2.85. The van der Waals surface area contributed by atoms with Crippen molar-refractivity contribution < 1.29 is 4.74 Å². The Hall–Kier alpha value is -1.53. The smallest absolute Gasteiger partial charge is 0.191 e. The van der Waals surface area contributed by atoms with Crippen molar-refractivity contribution in [3.05, 3.63) is 24.0 Å². The minimum Gasteiger partial charge on any atom is -0.381 e. The highest BCUT2D eigenvalue weighted by Crippen LogP contribution is 2.24. The SMILES string of the molecule is CN=C(NCc1ccn(C)c1)NCC1(N(C)C)CCOCC1. The Morgan fingerprint density at radius 3 is 2.64 bits per heavy atom. The Kier molecular flexibility index (Phi) is 5.85. The molecular weight excluding hydrogens is 278 g/mol. The third-order valence-electron chi connectivity index (χ3n) is 4.53. The maximum absolute atomic E-state index is 5.51. The second kappa shape index (κ2) is 7.65. The van der Waals surface area contributed by atoms with Crippen molar-refractivity contribution in [3.8, 4) is 0 Å². The molecule has 124 valence electrons. The summed E-state index contributed by atoms with van der Waals surface area (Å²) in [6.45, 7) is 3.31. The fourth-order valence-electron chi connectivity index (χ4n) is 2.85. The molecule has 1 saturated heterocycles. The minimum absolute atomic E-state index is 0.141. The molecule has 6 heteroatoms. The number of hydrogen-bond donors (Lipinski definition) is 2. The average Bonchev–Trinajstić information content (AvgIpc) is 2.94. The normalized spacial score (nSPS) is 18.5. The quantitative estimate of drug-likeness (QED) is 0.624. The molecule has 2 rings (SSSR count). The molecule has 0 spiro atoms. The van der Waals surface area contributed by atoms with Gasteiger partial charge in [0.15, 0.2) is 5.96 Å². The van der Waals surface area contributed by atoms with E-state index in [1.807, 2.05) is 14.1 Å². The van der Waals surface area contributed by atoms with Crippen LogP contribution in [0, 0.1) is 0 Å². The molecule has 2 heterocycles. The van der Waals surface area contributed by atoms with Gasteiger partial charge in [0.25, 0.3) is 0 Å². The first kappa shape index (κ1) is 16.8. The first-order valence-electron chi connectivity index (χ1n) is 7.86. The third-order valence-corrected chi connectivity index (χ3v) is 4.53. The Labute approximate surface area is 133 Å². The van der Waals surface area contributed by atoms with Crippen LogP contribution in [0.15, 0.2) is 23.5 Å². The van der Waals surface area contributed by atoms with Crippen LogP contribution >= 0.6 is 0 Å². The molecule has 0 aliphatic carbocycles. The van der Waals surface area contributed by atoms with Gasteiger partial charge in [-0.1, -0.05) is 0 Å². The van der Waals surface area contributed by atoms with Gasteiger partial charge in [0, 0.05) is 58.3 Å². The lowest BCUT2D eigenvalue weighted by Crippen LogP contribution is -2.57. The summed E-state index contributed by atoms with van der Waals surface area (Å²) in [6, 6.07) is 2.11. The van der Waals surface area contributed by atoms with Gasteiger partial charge >= 0.3 is 0 Å². The summed E-state index contributed by atoms with van der Waals surface area (Å²) in [6.07, 6.45) is 6.25. The number of nitrogens with one attached hydrogen (secondary N) is 2. The summed E-state index contributed by atoms with van der Waals surface area (Å²) in [5.74, 6) is 0.844. The number of rotatable bonds is 5. The Balaban J connectivity index is 1.86. The van der Waals surface area contributed by atoms with Crippen molar-refractivity contribution in [3.63, 3.8) is 0 Å². The summed E-state index contributed by atoms with van der Waals surface area (Å²) in [7, 11) is 8.13. The van der Waals surface area contributed by atoms with E-state index in [2.05, 4.69) is 57.6 Å². The standard InChI is InChI=1S/C16H29N5O/c1-17-15(18-11-14-5-8-21(4)12-14)19-13-16(20(2)3)6-9-22-10-7-16/h5,8,12H,6-7,9-11,13H2,1-4H3,(H2,17,18,19). The highest BCUT2D eigenvalue weighted by molar-refractivity contribution is 5.79. The Bertz CT molecular complexity index is 488. The van der Waals surface area contributed by atoms with Crippen LogP contribution in [0.2, 0.25) is 0 Å². The summed E-state index contributed by atoms with van der Waals surface area (Å²) >= 11 is 0. The molecule has 1 aromatic rings. The zero-order valence-corrected chi connectivity index (χ0v) is 14.2. The van der Waals surface area contributed by atoms with E-state index < -0.39 is 0 Å². The first-order valence-corrected chi connectivity index (χ1v) is 7.86. The topological polar surface area (TPSA) is 53.8 Å². The predicted octanol–water partition coefficient (Wildman–Crippen LogP) is 0.801. The van der Waals surface area contributed by atoms with Crippen LogP contribution in [0.3, 0.4) is 0 Å². The van der Waals surface area contributed by atoms with Crippen molar-refractivity contribution in [2.75, 3.05) is 40.9 Å². The van der Waals surface area contributed by atoms with Gasteiger partial charge in [-0.05, 0) is 38.6 Å². The van der Waals surface area contributed by atoms with E-state index in [1.54, 1.807) is 0 Å². The van der Waals surface area contributed by atoms with E-state index in [9.17, 15) is 0 Å². The predicted molar refractivity (Wildman–Crippen MR) is 90.1 cm³/mol. The molecule has 0 unspecified atom stereocenters. The molecule has 0 saturated carbocycles. The van der Waals surface area contributed by atoms with Crippen LogP contribution in [-0.4, -0.2) is 61.9 Å². The highest BCUT2D eigenvalue weighted by Gasteiger charge is 2.34.